The number of benzene rings is 1. The minimum atomic E-state index is -1.63. The van der Waals surface area contributed by atoms with Gasteiger partial charge in [-0.25, -0.2) is 4.79 Å². The van der Waals surface area contributed by atoms with Gasteiger partial charge in [0.2, 0.25) is 5.91 Å². The zero-order chi connectivity index (χ0) is 26.3. The number of carbonyl (C=O) groups is 2. The fourth-order valence-electron chi connectivity index (χ4n) is 3.47. The maximum absolute atomic E-state index is 12.1. The van der Waals surface area contributed by atoms with Crippen LogP contribution in [-0.4, -0.2) is 91.1 Å². The largest absolute Gasteiger partial charge is 0.478 e. The number of nitro groups is 2. The first kappa shape index (κ1) is 27.8. The molecule has 16 heteroatoms. The summed E-state index contributed by atoms with van der Waals surface area (Å²) in [5, 5.41) is 75.0. The molecule has 0 bridgehead atoms. The Morgan fingerprint density at radius 3 is 2.26 bits per heavy atom. The number of aliphatic hydroxyl groups is 4. The van der Waals surface area contributed by atoms with E-state index in [1.165, 1.54) is 0 Å². The average molecular weight is 502 g/mol. The molecule has 1 heterocycles. The maximum Gasteiger partial charge on any atom is 0.338 e. The molecule has 0 aliphatic carbocycles. The smallest absolute Gasteiger partial charge is 0.338 e. The molecule has 1 aliphatic heterocycles. The molecule has 7 N–H and O–H groups in total. The summed E-state index contributed by atoms with van der Waals surface area (Å²) in [5.74, 6) is -2.12. The Balaban J connectivity index is 1.86. The molecule has 1 saturated heterocycles. The fraction of sp³-hybridized carbons (Fsp3) is 0.579. The molecule has 194 valence electrons. The number of aromatic carboxylic acids is 1. The molecule has 1 aliphatic rings. The monoisotopic (exact) mass is 502 g/mol. The minimum Gasteiger partial charge on any atom is -0.478 e. The quantitative estimate of drug-likeness (QED) is 0.104. The molecular formula is C19H26N4O12. The number of aliphatic hydroxyl groups excluding tert-OH is 4. The van der Waals surface area contributed by atoms with Gasteiger partial charge in [0.15, 0.2) is 6.23 Å². The van der Waals surface area contributed by atoms with E-state index in [0.717, 1.165) is 6.07 Å². The topological polar surface area (TPSA) is 255 Å². The van der Waals surface area contributed by atoms with E-state index in [9.17, 15) is 50.2 Å². The van der Waals surface area contributed by atoms with Gasteiger partial charge >= 0.3 is 5.97 Å². The number of carbonyl (C=O) groups excluding carboxylic acids is 1. The van der Waals surface area contributed by atoms with Crippen LogP contribution in [0.1, 0.15) is 36.0 Å². The predicted octanol–water partition coefficient (Wildman–Crippen LogP) is -0.910. The Bertz CT molecular complexity index is 921. The first-order valence-electron chi connectivity index (χ1n) is 10.5. The predicted molar refractivity (Wildman–Crippen MR) is 116 cm³/mol. The molecule has 5 unspecified atom stereocenters. The van der Waals surface area contributed by atoms with E-state index >= 15 is 0 Å². The number of ether oxygens (including phenoxy) is 1. The van der Waals surface area contributed by atoms with Crippen LogP contribution < -0.4 is 10.6 Å². The summed E-state index contributed by atoms with van der Waals surface area (Å²) in [5.41, 5.74) is -2.47. The molecule has 0 radical (unpaired) electrons. The van der Waals surface area contributed by atoms with E-state index in [1.807, 2.05) is 0 Å². The van der Waals surface area contributed by atoms with Crippen LogP contribution in [-0.2, 0) is 9.53 Å². The summed E-state index contributed by atoms with van der Waals surface area (Å²) < 4.78 is 5.18. The van der Waals surface area contributed by atoms with Crippen molar-refractivity contribution in [2.75, 3.05) is 18.5 Å². The van der Waals surface area contributed by atoms with E-state index in [0.29, 0.717) is 25.3 Å². The van der Waals surface area contributed by atoms with Gasteiger partial charge in [0, 0.05) is 19.0 Å². The molecule has 16 nitrogen and oxygen atoms in total. The molecule has 5 atom stereocenters. The Labute approximate surface area is 197 Å². The van der Waals surface area contributed by atoms with Gasteiger partial charge < -0.3 is 40.9 Å². The van der Waals surface area contributed by atoms with Crippen LogP contribution in [0.3, 0.4) is 0 Å². The molecule has 2 rings (SSSR count). The van der Waals surface area contributed by atoms with Crippen LogP contribution in [0.5, 0.6) is 0 Å². The van der Waals surface area contributed by atoms with E-state index in [2.05, 4.69) is 10.6 Å². The molecule has 0 saturated carbocycles. The maximum atomic E-state index is 12.1. The van der Waals surface area contributed by atoms with Gasteiger partial charge in [-0.1, -0.05) is 6.42 Å². The lowest BCUT2D eigenvalue weighted by Gasteiger charge is -2.40. The van der Waals surface area contributed by atoms with E-state index in [4.69, 9.17) is 9.84 Å². The van der Waals surface area contributed by atoms with Gasteiger partial charge in [-0.05, 0) is 12.8 Å². The Morgan fingerprint density at radius 1 is 1.00 bits per heavy atom. The highest BCUT2D eigenvalue weighted by Gasteiger charge is 2.43. The number of rotatable bonds is 12. The zero-order valence-corrected chi connectivity index (χ0v) is 18.3. The number of non-ortho nitro benzene ring substituents is 1. The number of nitrogens with one attached hydrogen (secondary N) is 2. The Morgan fingerprint density at radius 2 is 1.69 bits per heavy atom. The number of carboxylic acid groups (broad SMARTS) is 1. The van der Waals surface area contributed by atoms with E-state index in [-0.39, 0.29) is 18.7 Å². The van der Waals surface area contributed by atoms with E-state index in [1.54, 1.807) is 0 Å². The zero-order valence-electron chi connectivity index (χ0n) is 18.3. The third-order valence-corrected chi connectivity index (χ3v) is 5.32. The summed E-state index contributed by atoms with van der Waals surface area (Å²) >= 11 is 0. The molecule has 1 aromatic carbocycles. The second-order valence-electron chi connectivity index (χ2n) is 7.76. The van der Waals surface area contributed by atoms with Gasteiger partial charge in [0.05, 0.1) is 28.1 Å². The van der Waals surface area contributed by atoms with Crippen LogP contribution in [0.15, 0.2) is 12.1 Å². The molecule has 1 amide bonds. The van der Waals surface area contributed by atoms with Gasteiger partial charge in [-0.2, -0.15) is 0 Å². The first-order valence-corrected chi connectivity index (χ1v) is 10.5. The molecular weight excluding hydrogens is 476 g/mol. The van der Waals surface area contributed by atoms with Crippen molar-refractivity contribution in [1.82, 2.24) is 5.32 Å². The van der Waals surface area contributed by atoms with Gasteiger partial charge in [-0.3, -0.25) is 25.0 Å². The lowest BCUT2D eigenvalue weighted by molar-refractivity contribution is -0.393. The SMILES string of the molecule is O=C(CCCCCNc1c(C(=O)O)cc([N+](=O)[O-])cc1[N+](=O)[O-])NC1OC(CO)C(O)C(O)C1O. The van der Waals surface area contributed by atoms with Crippen LogP contribution in [0.25, 0.3) is 0 Å². The molecule has 0 spiro atoms. The van der Waals surface area contributed by atoms with Crippen LogP contribution >= 0.6 is 0 Å². The number of nitrogens with zero attached hydrogens (tertiary/aromatic N) is 2. The Kier molecular flexibility index (Phi) is 9.78. The standard InChI is InChI=1S/C19H26N4O12/c24-8-12-15(26)16(27)17(28)18(35-12)21-13(25)4-2-1-3-5-20-14-10(19(29)30)6-9(22(31)32)7-11(14)23(33)34/h6-7,12,15-18,20,24,26-28H,1-5,8H2,(H,21,25)(H,29,30). The highest BCUT2D eigenvalue weighted by molar-refractivity contribution is 5.98. The number of unbranched alkanes of at least 4 members (excludes halogenated alkanes) is 2. The average Bonchev–Trinajstić information content (AvgIpc) is 2.80. The van der Waals surface area contributed by atoms with Crippen molar-refractivity contribution in [3.8, 4) is 0 Å². The normalized spacial score (nSPS) is 23.9. The summed E-state index contributed by atoms with van der Waals surface area (Å²) in [6.07, 6.45) is -6.19. The highest BCUT2D eigenvalue weighted by atomic mass is 16.6. The first-order chi connectivity index (χ1) is 16.5. The van der Waals surface area contributed by atoms with Crippen LogP contribution in [0, 0.1) is 20.2 Å². The fourth-order valence-corrected chi connectivity index (χ4v) is 3.47. The number of amides is 1. The minimum absolute atomic E-state index is 0.0208. The van der Waals surface area contributed by atoms with Gasteiger partial charge in [-0.15, -0.1) is 0 Å². The summed E-state index contributed by atoms with van der Waals surface area (Å²) in [4.78, 5) is 43.9. The summed E-state index contributed by atoms with van der Waals surface area (Å²) in [6, 6.07) is 1.39. The second-order valence-corrected chi connectivity index (χ2v) is 7.76. The lowest BCUT2D eigenvalue weighted by Crippen LogP contribution is -2.63. The number of anilines is 1. The number of hydrogen-bond acceptors (Lipinski definition) is 12. The van der Waals surface area contributed by atoms with E-state index < -0.39 is 75.9 Å². The van der Waals surface area contributed by atoms with Crippen molar-refractivity contribution in [3.63, 3.8) is 0 Å². The number of nitro benzene ring substituents is 2. The lowest BCUT2D eigenvalue weighted by atomic mass is 9.98. The van der Waals surface area contributed by atoms with Crippen molar-refractivity contribution in [2.45, 2.75) is 56.3 Å². The van der Waals surface area contributed by atoms with Gasteiger partial charge in [0.25, 0.3) is 11.4 Å². The van der Waals surface area contributed by atoms with Crippen LogP contribution in [0.2, 0.25) is 0 Å². The second kappa shape index (κ2) is 12.3. The van der Waals surface area contributed by atoms with Crippen LogP contribution in [0.4, 0.5) is 17.1 Å². The van der Waals surface area contributed by atoms with Gasteiger partial charge in [0.1, 0.15) is 30.1 Å². The van der Waals surface area contributed by atoms with Crippen molar-refractivity contribution in [2.24, 2.45) is 0 Å². The summed E-state index contributed by atoms with van der Waals surface area (Å²) in [6.45, 7) is -0.561. The molecule has 1 fully saturated rings. The molecule has 35 heavy (non-hydrogen) atoms. The number of carboxylic acids is 1. The number of hydrogen-bond donors (Lipinski definition) is 7. The third kappa shape index (κ3) is 7.03. The van der Waals surface area contributed by atoms with Crippen molar-refractivity contribution < 1.29 is 49.7 Å². The highest BCUT2D eigenvalue weighted by Crippen LogP contribution is 2.33. The molecule has 1 aromatic rings. The Hall–Kier alpha value is -3.44. The van der Waals surface area contributed by atoms with Crippen molar-refractivity contribution >= 4 is 28.9 Å². The van der Waals surface area contributed by atoms with Crippen molar-refractivity contribution in [1.29, 1.82) is 0 Å². The third-order valence-electron chi connectivity index (χ3n) is 5.32. The summed E-state index contributed by atoms with van der Waals surface area (Å²) in [7, 11) is 0. The van der Waals surface area contributed by atoms with Crippen molar-refractivity contribution in [3.05, 3.63) is 37.9 Å². The molecule has 0 aromatic heterocycles.